The van der Waals surface area contributed by atoms with E-state index < -0.39 is 0 Å². The Morgan fingerprint density at radius 3 is 2.65 bits per heavy atom. The third-order valence-electron chi connectivity index (χ3n) is 2.72. The summed E-state index contributed by atoms with van der Waals surface area (Å²) in [6, 6.07) is 12.3. The van der Waals surface area contributed by atoms with Gasteiger partial charge in [0, 0.05) is 25.8 Å². The van der Waals surface area contributed by atoms with Gasteiger partial charge in [-0.15, -0.1) is 0 Å². The van der Waals surface area contributed by atoms with Crippen LogP contribution in [-0.4, -0.2) is 6.61 Å². The summed E-state index contributed by atoms with van der Waals surface area (Å²) >= 11 is 9.41. The molecule has 106 valence electrons. The molecule has 0 amide bonds. The van der Waals surface area contributed by atoms with E-state index in [9.17, 15) is 0 Å². The molecule has 1 N–H and O–H groups in total. The Labute approximate surface area is 149 Å². The monoisotopic (exact) mass is 509 g/mol. The van der Waals surface area contributed by atoms with E-state index in [1.165, 1.54) is 3.57 Å². The number of ether oxygens (including phenoxy) is 1. The van der Waals surface area contributed by atoms with Gasteiger partial charge >= 0.3 is 0 Å². The van der Waals surface area contributed by atoms with Crippen LogP contribution < -0.4 is 10.1 Å². The van der Waals surface area contributed by atoms with Gasteiger partial charge in [-0.1, -0.05) is 28.1 Å². The van der Waals surface area contributed by atoms with E-state index in [0.29, 0.717) is 13.2 Å². The molecule has 0 saturated heterocycles. The summed E-state index contributed by atoms with van der Waals surface area (Å²) in [6.45, 7) is 3.36. The number of hydrogen-bond acceptors (Lipinski definition) is 2. The van der Waals surface area contributed by atoms with Crippen molar-refractivity contribution in [1.29, 1.82) is 0 Å². The fraction of sp³-hybridized carbons (Fsp3) is 0.200. The Morgan fingerprint density at radius 2 is 1.95 bits per heavy atom. The molecule has 0 fully saturated rings. The SMILES string of the molecule is CCOc1c(Br)cc(Br)cc1CNc1ccccc1I. The first-order valence-electron chi connectivity index (χ1n) is 6.21. The average molecular weight is 511 g/mol. The molecule has 0 aliphatic heterocycles. The van der Waals surface area contributed by atoms with Crippen LogP contribution in [0.2, 0.25) is 0 Å². The molecule has 0 unspecified atom stereocenters. The molecule has 5 heteroatoms. The van der Waals surface area contributed by atoms with Gasteiger partial charge in [-0.05, 0) is 69.7 Å². The molecule has 0 heterocycles. The molecule has 0 aromatic heterocycles. The molecule has 0 aliphatic rings. The largest absolute Gasteiger partial charge is 0.492 e. The van der Waals surface area contributed by atoms with Gasteiger partial charge in [0.2, 0.25) is 0 Å². The van der Waals surface area contributed by atoms with Gasteiger partial charge in [-0.3, -0.25) is 0 Å². The number of hydrogen-bond donors (Lipinski definition) is 1. The fourth-order valence-corrected chi connectivity index (χ4v) is 3.85. The van der Waals surface area contributed by atoms with Crippen LogP contribution in [0.1, 0.15) is 12.5 Å². The first-order chi connectivity index (χ1) is 9.61. The number of halogens is 3. The van der Waals surface area contributed by atoms with Crippen LogP contribution in [0.15, 0.2) is 45.3 Å². The third kappa shape index (κ3) is 4.11. The second-order valence-electron chi connectivity index (χ2n) is 4.14. The molecule has 0 atom stereocenters. The van der Waals surface area contributed by atoms with Crippen molar-refractivity contribution in [2.24, 2.45) is 0 Å². The number of benzene rings is 2. The normalized spacial score (nSPS) is 10.4. The van der Waals surface area contributed by atoms with Gasteiger partial charge in [0.15, 0.2) is 0 Å². The highest BCUT2D eigenvalue weighted by atomic mass is 127. The summed E-state index contributed by atoms with van der Waals surface area (Å²) in [5, 5.41) is 3.45. The highest BCUT2D eigenvalue weighted by Gasteiger charge is 2.10. The van der Waals surface area contributed by atoms with Crippen molar-refractivity contribution < 1.29 is 4.74 Å². The number of para-hydroxylation sites is 1. The van der Waals surface area contributed by atoms with E-state index in [-0.39, 0.29) is 0 Å². The maximum atomic E-state index is 5.73. The molecular weight excluding hydrogens is 497 g/mol. The predicted molar refractivity (Wildman–Crippen MR) is 99.5 cm³/mol. The molecule has 0 aliphatic carbocycles. The molecule has 2 rings (SSSR count). The third-order valence-corrected chi connectivity index (χ3v) is 4.70. The zero-order valence-corrected chi connectivity index (χ0v) is 16.2. The van der Waals surface area contributed by atoms with E-state index in [2.05, 4.69) is 78.0 Å². The van der Waals surface area contributed by atoms with Crippen LogP contribution in [0.3, 0.4) is 0 Å². The van der Waals surface area contributed by atoms with Crippen LogP contribution in [-0.2, 0) is 6.54 Å². The molecule has 2 aromatic carbocycles. The van der Waals surface area contributed by atoms with Crippen molar-refractivity contribution in [2.45, 2.75) is 13.5 Å². The second-order valence-corrected chi connectivity index (χ2v) is 7.07. The van der Waals surface area contributed by atoms with Crippen LogP contribution in [0.25, 0.3) is 0 Å². The molecule has 0 saturated carbocycles. The van der Waals surface area contributed by atoms with Crippen molar-refractivity contribution >= 4 is 60.1 Å². The van der Waals surface area contributed by atoms with Gasteiger partial charge in [-0.25, -0.2) is 0 Å². The van der Waals surface area contributed by atoms with E-state index in [4.69, 9.17) is 4.74 Å². The maximum absolute atomic E-state index is 5.73. The van der Waals surface area contributed by atoms with Crippen LogP contribution in [0, 0.1) is 3.57 Å². The van der Waals surface area contributed by atoms with Gasteiger partial charge < -0.3 is 10.1 Å². The summed E-state index contributed by atoms with van der Waals surface area (Å²) in [5.41, 5.74) is 2.25. The van der Waals surface area contributed by atoms with Crippen molar-refractivity contribution in [3.8, 4) is 5.75 Å². The maximum Gasteiger partial charge on any atom is 0.138 e. The summed E-state index contributed by atoms with van der Waals surface area (Å²) in [6.07, 6.45) is 0. The smallest absolute Gasteiger partial charge is 0.138 e. The summed E-state index contributed by atoms with van der Waals surface area (Å²) in [5.74, 6) is 0.897. The Kier molecular flexibility index (Phi) is 6.17. The highest BCUT2D eigenvalue weighted by molar-refractivity contribution is 14.1. The first-order valence-corrected chi connectivity index (χ1v) is 8.87. The van der Waals surface area contributed by atoms with Gasteiger partial charge in [-0.2, -0.15) is 0 Å². The Hall–Kier alpha value is -0.270. The zero-order valence-electron chi connectivity index (χ0n) is 10.9. The Bertz CT molecular complexity index is 604. The Morgan fingerprint density at radius 1 is 1.20 bits per heavy atom. The van der Waals surface area contributed by atoms with Crippen molar-refractivity contribution in [1.82, 2.24) is 0 Å². The summed E-state index contributed by atoms with van der Waals surface area (Å²) in [7, 11) is 0. The topological polar surface area (TPSA) is 21.3 Å². The molecule has 0 bridgehead atoms. The number of nitrogens with one attached hydrogen (secondary N) is 1. The molecular formula is C15H14Br2INO. The standard InChI is InChI=1S/C15H14Br2INO/c1-2-20-15-10(7-11(16)8-12(15)17)9-19-14-6-4-3-5-13(14)18/h3-8,19H,2,9H2,1H3. The fourth-order valence-electron chi connectivity index (χ4n) is 1.85. The molecule has 2 nitrogen and oxygen atoms in total. The molecule has 2 aromatic rings. The van der Waals surface area contributed by atoms with Crippen LogP contribution >= 0.6 is 54.5 Å². The van der Waals surface area contributed by atoms with E-state index >= 15 is 0 Å². The minimum Gasteiger partial charge on any atom is -0.492 e. The van der Waals surface area contributed by atoms with E-state index in [0.717, 1.165) is 25.9 Å². The lowest BCUT2D eigenvalue weighted by atomic mass is 10.2. The number of anilines is 1. The summed E-state index contributed by atoms with van der Waals surface area (Å²) < 4.78 is 8.94. The lowest BCUT2D eigenvalue weighted by Crippen LogP contribution is -2.05. The molecule has 0 radical (unpaired) electrons. The highest BCUT2D eigenvalue weighted by Crippen LogP contribution is 2.33. The molecule has 0 spiro atoms. The zero-order chi connectivity index (χ0) is 14.5. The van der Waals surface area contributed by atoms with Gasteiger partial charge in [0.1, 0.15) is 5.75 Å². The lowest BCUT2D eigenvalue weighted by molar-refractivity contribution is 0.334. The van der Waals surface area contributed by atoms with E-state index in [1.807, 2.05) is 25.1 Å². The first kappa shape index (κ1) is 16.1. The number of rotatable bonds is 5. The predicted octanol–water partition coefficient (Wildman–Crippen LogP) is 5.83. The van der Waals surface area contributed by atoms with E-state index in [1.54, 1.807) is 0 Å². The lowest BCUT2D eigenvalue weighted by Gasteiger charge is -2.15. The summed E-state index contributed by atoms with van der Waals surface area (Å²) in [4.78, 5) is 0. The second kappa shape index (κ2) is 7.66. The average Bonchev–Trinajstić information content (AvgIpc) is 2.41. The van der Waals surface area contributed by atoms with Gasteiger partial charge in [0.25, 0.3) is 0 Å². The quantitative estimate of drug-likeness (QED) is 0.511. The minimum atomic E-state index is 0.649. The van der Waals surface area contributed by atoms with Crippen LogP contribution in [0.5, 0.6) is 5.75 Å². The van der Waals surface area contributed by atoms with Gasteiger partial charge in [0.05, 0.1) is 11.1 Å². The van der Waals surface area contributed by atoms with Crippen molar-refractivity contribution in [2.75, 3.05) is 11.9 Å². The van der Waals surface area contributed by atoms with Crippen molar-refractivity contribution in [3.63, 3.8) is 0 Å². The van der Waals surface area contributed by atoms with Crippen LogP contribution in [0.4, 0.5) is 5.69 Å². The minimum absolute atomic E-state index is 0.649. The Balaban J connectivity index is 2.22. The van der Waals surface area contributed by atoms with Crippen molar-refractivity contribution in [3.05, 3.63) is 54.5 Å². The molecule has 20 heavy (non-hydrogen) atoms.